The van der Waals surface area contributed by atoms with E-state index in [9.17, 15) is 18.3 Å². The Bertz CT molecular complexity index is 1010. The van der Waals surface area contributed by atoms with E-state index in [0.717, 1.165) is 0 Å². The topological polar surface area (TPSA) is 108 Å². The van der Waals surface area contributed by atoms with Crippen LogP contribution in [0.25, 0.3) is 0 Å². The number of aliphatic hydroxyl groups is 1. The number of aliphatic hydroxyl groups excluding tert-OH is 1. The molecular formula is C19H17N3O4S. The molecule has 1 heterocycles. The molecule has 1 atom stereocenters. The standard InChI is InChI=1S/C19H17N3O4S/c23-18(14-6-2-1-3-7-14)19(24)21-15-9-11-16(12-10-15)27(25,26)22-17-8-4-5-13-20-17/h1-13,18,23H,(H,20,22)(H,21,24). The maximum absolute atomic E-state index is 12.3. The summed E-state index contributed by atoms with van der Waals surface area (Å²) in [6, 6.07) is 19.0. The summed E-state index contributed by atoms with van der Waals surface area (Å²) in [4.78, 5) is 16.1. The minimum Gasteiger partial charge on any atom is -0.378 e. The Labute approximate surface area is 156 Å². The van der Waals surface area contributed by atoms with Gasteiger partial charge in [0.05, 0.1) is 4.90 Å². The number of nitrogens with zero attached hydrogens (tertiary/aromatic N) is 1. The molecule has 27 heavy (non-hydrogen) atoms. The largest absolute Gasteiger partial charge is 0.378 e. The molecule has 1 unspecified atom stereocenters. The van der Waals surface area contributed by atoms with Crippen LogP contribution in [0.15, 0.2) is 83.9 Å². The van der Waals surface area contributed by atoms with Gasteiger partial charge in [-0.2, -0.15) is 0 Å². The zero-order valence-electron chi connectivity index (χ0n) is 14.1. The van der Waals surface area contributed by atoms with Crippen molar-refractivity contribution in [3.8, 4) is 0 Å². The zero-order chi connectivity index (χ0) is 19.3. The first kappa shape index (κ1) is 18.6. The maximum Gasteiger partial charge on any atom is 0.263 e. The Morgan fingerprint density at radius 3 is 2.22 bits per heavy atom. The van der Waals surface area contributed by atoms with Gasteiger partial charge in [0.25, 0.3) is 15.9 Å². The van der Waals surface area contributed by atoms with Gasteiger partial charge in [0.1, 0.15) is 5.82 Å². The summed E-state index contributed by atoms with van der Waals surface area (Å²) >= 11 is 0. The number of nitrogens with one attached hydrogen (secondary N) is 2. The number of sulfonamides is 1. The number of carbonyl (C=O) groups is 1. The molecule has 0 aliphatic carbocycles. The number of amides is 1. The van der Waals surface area contributed by atoms with Crippen molar-refractivity contribution in [3.63, 3.8) is 0 Å². The summed E-state index contributed by atoms with van der Waals surface area (Å²) in [6.45, 7) is 0. The van der Waals surface area contributed by atoms with E-state index in [2.05, 4.69) is 15.0 Å². The van der Waals surface area contributed by atoms with Crippen LogP contribution in [0.2, 0.25) is 0 Å². The van der Waals surface area contributed by atoms with Crippen LogP contribution in [-0.2, 0) is 14.8 Å². The predicted molar refractivity (Wildman–Crippen MR) is 102 cm³/mol. The number of hydrogen-bond donors (Lipinski definition) is 3. The molecule has 8 heteroatoms. The second-order valence-corrected chi connectivity index (χ2v) is 7.33. The number of carbonyl (C=O) groups excluding carboxylic acids is 1. The highest BCUT2D eigenvalue weighted by Gasteiger charge is 2.18. The lowest BCUT2D eigenvalue weighted by molar-refractivity contribution is -0.124. The highest BCUT2D eigenvalue weighted by Crippen LogP contribution is 2.19. The normalized spacial score (nSPS) is 12.2. The second-order valence-electron chi connectivity index (χ2n) is 5.65. The molecule has 0 aliphatic heterocycles. The first-order valence-electron chi connectivity index (χ1n) is 8.03. The van der Waals surface area contributed by atoms with Crippen molar-refractivity contribution in [1.82, 2.24) is 4.98 Å². The van der Waals surface area contributed by atoms with Gasteiger partial charge in [-0.25, -0.2) is 13.4 Å². The molecule has 7 nitrogen and oxygen atoms in total. The van der Waals surface area contributed by atoms with E-state index in [1.54, 1.807) is 42.5 Å². The van der Waals surface area contributed by atoms with Gasteiger partial charge in [-0.05, 0) is 42.0 Å². The Kier molecular flexibility index (Phi) is 5.49. The molecule has 3 aromatic rings. The van der Waals surface area contributed by atoms with Gasteiger partial charge in [-0.1, -0.05) is 36.4 Å². The molecule has 138 valence electrons. The lowest BCUT2D eigenvalue weighted by atomic mass is 10.1. The molecule has 0 bridgehead atoms. The Morgan fingerprint density at radius 1 is 0.926 bits per heavy atom. The molecule has 0 saturated heterocycles. The van der Waals surface area contributed by atoms with Crippen molar-refractivity contribution >= 4 is 27.4 Å². The minimum absolute atomic E-state index is 0.0229. The summed E-state index contributed by atoms with van der Waals surface area (Å²) in [5.74, 6) is -0.399. The molecule has 2 aromatic carbocycles. The smallest absolute Gasteiger partial charge is 0.263 e. The van der Waals surface area contributed by atoms with Gasteiger partial charge in [-0.3, -0.25) is 9.52 Å². The van der Waals surface area contributed by atoms with Crippen LogP contribution in [0, 0.1) is 0 Å². The summed E-state index contributed by atoms with van der Waals surface area (Å²) < 4.78 is 27.1. The zero-order valence-corrected chi connectivity index (χ0v) is 14.9. The van der Waals surface area contributed by atoms with Crippen molar-refractivity contribution in [2.24, 2.45) is 0 Å². The van der Waals surface area contributed by atoms with Gasteiger partial charge in [0.2, 0.25) is 0 Å². The third-order valence-electron chi connectivity index (χ3n) is 3.70. The van der Waals surface area contributed by atoms with Crippen molar-refractivity contribution < 1.29 is 18.3 Å². The van der Waals surface area contributed by atoms with E-state index in [1.165, 1.54) is 36.5 Å². The Hall–Kier alpha value is -3.23. The molecular weight excluding hydrogens is 366 g/mol. The summed E-state index contributed by atoms with van der Waals surface area (Å²) in [6.07, 6.45) is 0.162. The Balaban J connectivity index is 1.69. The van der Waals surface area contributed by atoms with Crippen molar-refractivity contribution in [1.29, 1.82) is 0 Å². The van der Waals surface area contributed by atoms with Gasteiger partial charge in [0.15, 0.2) is 6.10 Å². The summed E-state index contributed by atoms with van der Waals surface area (Å²) in [5, 5.41) is 12.6. The van der Waals surface area contributed by atoms with Crippen LogP contribution in [0.4, 0.5) is 11.5 Å². The fraction of sp³-hybridized carbons (Fsp3) is 0.0526. The van der Waals surface area contributed by atoms with Crippen molar-refractivity contribution in [2.75, 3.05) is 10.0 Å². The second kappa shape index (κ2) is 7.98. The van der Waals surface area contributed by atoms with Gasteiger partial charge >= 0.3 is 0 Å². The van der Waals surface area contributed by atoms with E-state index < -0.39 is 22.0 Å². The first-order valence-corrected chi connectivity index (χ1v) is 9.52. The molecule has 0 aliphatic rings. The highest BCUT2D eigenvalue weighted by atomic mass is 32.2. The number of pyridine rings is 1. The van der Waals surface area contributed by atoms with E-state index in [0.29, 0.717) is 11.3 Å². The summed E-state index contributed by atoms with van der Waals surface area (Å²) in [7, 11) is -3.79. The third-order valence-corrected chi connectivity index (χ3v) is 5.07. The third kappa shape index (κ3) is 4.69. The van der Waals surface area contributed by atoms with Crippen LogP contribution in [0.1, 0.15) is 11.7 Å². The van der Waals surface area contributed by atoms with Crippen molar-refractivity contribution in [3.05, 3.63) is 84.6 Å². The molecule has 3 N–H and O–H groups in total. The fourth-order valence-electron chi connectivity index (χ4n) is 2.33. The van der Waals surface area contributed by atoms with Gasteiger partial charge < -0.3 is 10.4 Å². The van der Waals surface area contributed by atoms with E-state index in [1.807, 2.05) is 0 Å². The average Bonchev–Trinajstić information content (AvgIpc) is 2.69. The van der Waals surface area contributed by atoms with Crippen LogP contribution < -0.4 is 10.0 Å². The predicted octanol–water partition coefficient (Wildman–Crippen LogP) is 2.55. The summed E-state index contributed by atoms with van der Waals surface area (Å²) in [5.41, 5.74) is 0.834. The minimum atomic E-state index is -3.79. The number of anilines is 2. The number of hydrogen-bond acceptors (Lipinski definition) is 5. The molecule has 0 spiro atoms. The van der Waals surface area contributed by atoms with E-state index in [-0.39, 0.29) is 10.7 Å². The molecule has 0 fully saturated rings. The lowest BCUT2D eigenvalue weighted by Gasteiger charge is -2.12. The highest BCUT2D eigenvalue weighted by molar-refractivity contribution is 7.92. The fourth-order valence-corrected chi connectivity index (χ4v) is 3.34. The molecule has 1 aromatic heterocycles. The number of aromatic nitrogens is 1. The van der Waals surface area contributed by atoms with Gasteiger partial charge in [0, 0.05) is 11.9 Å². The molecule has 0 saturated carbocycles. The number of rotatable bonds is 6. The molecule has 0 radical (unpaired) electrons. The SMILES string of the molecule is O=C(Nc1ccc(S(=O)(=O)Nc2ccccn2)cc1)C(O)c1ccccc1. The van der Waals surface area contributed by atoms with Crippen LogP contribution in [-0.4, -0.2) is 24.4 Å². The van der Waals surface area contributed by atoms with E-state index in [4.69, 9.17) is 0 Å². The van der Waals surface area contributed by atoms with Crippen LogP contribution in [0.3, 0.4) is 0 Å². The maximum atomic E-state index is 12.3. The lowest BCUT2D eigenvalue weighted by Crippen LogP contribution is -2.20. The first-order chi connectivity index (χ1) is 13.0. The Morgan fingerprint density at radius 2 is 1.59 bits per heavy atom. The molecule has 1 amide bonds. The van der Waals surface area contributed by atoms with Crippen LogP contribution >= 0.6 is 0 Å². The monoisotopic (exact) mass is 383 g/mol. The number of benzene rings is 2. The van der Waals surface area contributed by atoms with Crippen molar-refractivity contribution in [2.45, 2.75) is 11.0 Å². The quantitative estimate of drug-likeness (QED) is 0.606. The molecule has 3 rings (SSSR count). The van der Waals surface area contributed by atoms with Crippen LogP contribution in [0.5, 0.6) is 0 Å². The van der Waals surface area contributed by atoms with Gasteiger partial charge in [-0.15, -0.1) is 0 Å². The van der Waals surface area contributed by atoms with E-state index >= 15 is 0 Å². The average molecular weight is 383 g/mol.